The number of rotatable bonds is 3. The van der Waals surface area contributed by atoms with Crippen molar-refractivity contribution in [3.8, 4) is 0 Å². The Hall–Kier alpha value is -1.06. The average molecular weight is 337 g/mol. The Morgan fingerprint density at radius 1 is 1.39 bits per heavy atom. The van der Waals surface area contributed by atoms with Gasteiger partial charge in [0.25, 0.3) is 0 Å². The lowest BCUT2D eigenvalue weighted by molar-refractivity contribution is -0.126. The number of aryl methyl sites for hydroxylation is 1. The van der Waals surface area contributed by atoms with Gasteiger partial charge in [-0.25, -0.2) is 0 Å². The quantitative estimate of drug-likeness (QED) is 0.890. The molecule has 0 spiro atoms. The van der Waals surface area contributed by atoms with Gasteiger partial charge in [-0.05, 0) is 56.7 Å². The summed E-state index contributed by atoms with van der Waals surface area (Å²) in [6.07, 6.45) is 5.47. The zero-order chi connectivity index (χ0) is 15.6. The molecule has 3 atom stereocenters. The topological polar surface area (TPSA) is 41.1 Å². The van der Waals surface area contributed by atoms with Gasteiger partial charge in [-0.3, -0.25) is 4.79 Å². The van der Waals surface area contributed by atoms with Crippen LogP contribution in [0.25, 0.3) is 0 Å². The Kier molecular flexibility index (Phi) is 6.10. The number of carbonyl (C=O) groups excluding carboxylic acids is 1. The Bertz CT molecular complexity index is 548. The number of hydrogen-bond acceptors (Lipinski definition) is 2. The lowest BCUT2D eigenvalue weighted by atomic mass is 9.71. The van der Waals surface area contributed by atoms with Gasteiger partial charge in [0.1, 0.15) is 0 Å². The summed E-state index contributed by atoms with van der Waals surface area (Å²) in [6.45, 7) is 6.19. The van der Waals surface area contributed by atoms with E-state index in [0.717, 1.165) is 32.4 Å². The summed E-state index contributed by atoms with van der Waals surface area (Å²) in [5, 5.41) is 6.67. The van der Waals surface area contributed by atoms with Gasteiger partial charge in [-0.2, -0.15) is 0 Å². The molecule has 1 heterocycles. The van der Waals surface area contributed by atoms with Crippen LogP contribution in [0.2, 0.25) is 0 Å². The van der Waals surface area contributed by atoms with Crippen LogP contribution >= 0.6 is 12.4 Å². The predicted molar refractivity (Wildman–Crippen MR) is 97.2 cm³/mol. The van der Waals surface area contributed by atoms with E-state index >= 15 is 0 Å². The largest absolute Gasteiger partial charge is 0.355 e. The third-order valence-corrected chi connectivity index (χ3v) is 5.49. The van der Waals surface area contributed by atoms with Gasteiger partial charge < -0.3 is 10.6 Å². The number of piperidine rings is 1. The highest BCUT2D eigenvalue weighted by atomic mass is 35.5. The molecule has 1 unspecified atom stereocenters. The normalized spacial score (nSPS) is 30.0. The molecule has 128 valence electrons. The third-order valence-electron chi connectivity index (χ3n) is 5.49. The lowest BCUT2D eigenvalue weighted by Crippen LogP contribution is -2.46. The monoisotopic (exact) mass is 336 g/mol. The molecule has 1 saturated heterocycles. The van der Waals surface area contributed by atoms with E-state index in [-0.39, 0.29) is 29.6 Å². The number of benzene rings is 1. The highest BCUT2D eigenvalue weighted by molar-refractivity contribution is 5.85. The van der Waals surface area contributed by atoms with Crippen molar-refractivity contribution in [3.63, 3.8) is 0 Å². The van der Waals surface area contributed by atoms with E-state index in [9.17, 15) is 4.79 Å². The first-order valence-corrected chi connectivity index (χ1v) is 8.68. The van der Waals surface area contributed by atoms with Crippen LogP contribution in [0.3, 0.4) is 0 Å². The van der Waals surface area contributed by atoms with E-state index in [1.807, 2.05) is 0 Å². The number of carbonyl (C=O) groups is 1. The molecule has 4 heteroatoms. The summed E-state index contributed by atoms with van der Waals surface area (Å²) in [4.78, 5) is 12.5. The fourth-order valence-corrected chi connectivity index (χ4v) is 4.11. The van der Waals surface area contributed by atoms with Crippen molar-refractivity contribution >= 4 is 18.3 Å². The SMILES string of the molecule is C[C@H]1C[C@@H](C(=O)NCC2(C)CCCc3ccccc32)CCN1.Cl. The Morgan fingerprint density at radius 2 is 2.17 bits per heavy atom. The Labute approximate surface area is 146 Å². The maximum Gasteiger partial charge on any atom is 0.223 e. The number of amides is 1. The highest BCUT2D eigenvalue weighted by Crippen LogP contribution is 2.36. The smallest absolute Gasteiger partial charge is 0.223 e. The summed E-state index contributed by atoms with van der Waals surface area (Å²) in [5.74, 6) is 0.427. The Morgan fingerprint density at radius 3 is 2.96 bits per heavy atom. The van der Waals surface area contributed by atoms with E-state index in [1.54, 1.807) is 0 Å². The molecule has 3 rings (SSSR count). The maximum absolute atomic E-state index is 12.5. The number of nitrogens with one attached hydrogen (secondary N) is 2. The van der Waals surface area contributed by atoms with Crippen molar-refractivity contribution in [2.24, 2.45) is 5.92 Å². The molecule has 2 aliphatic rings. The predicted octanol–water partition coefficient (Wildman–Crippen LogP) is 3.21. The summed E-state index contributed by atoms with van der Waals surface area (Å²) in [6, 6.07) is 9.18. The van der Waals surface area contributed by atoms with Crippen molar-refractivity contribution in [2.45, 2.75) is 57.4 Å². The molecule has 0 bridgehead atoms. The molecule has 1 aliphatic heterocycles. The standard InChI is InChI=1S/C19H28N2O.ClH/c1-14-12-16(9-11-20-14)18(22)21-13-19(2)10-5-7-15-6-3-4-8-17(15)19;/h3-4,6,8,14,16,20H,5,7,9-13H2,1-2H3,(H,21,22);1H/t14-,16-,19?;/m0./s1. The first kappa shape index (κ1) is 18.3. The van der Waals surface area contributed by atoms with Crippen molar-refractivity contribution in [1.82, 2.24) is 10.6 Å². The maximum atomic E-state index is 12.5. The average Bonchev–Trinajstić information content (AvgIpc) is 2.53. The van der Waals surface area contributed by atoms with Crippen LogP contribution in [0.15, 0.2) is 24.3 Å². The van der Waals surface area contributed by atoms with Gasteiger partial charge in [-0.15, -0.1) is 12.4 Å². The van der Waals surface area contributed by atoms with Crippen molar-refractivity contribution < 1.29 is 4.79 Å². The second kappa shape index (κ2) is 7.67. The van der Waals surface area contributed by atoms with Gasteiger partial charge in [0, 0.05) is 23.9 Å². The molecule has 3 nitrogen and oxygen atoms in total. The number of hydrogen-bond donors (Lipinski definition) is 2. The number of halogens is 1. The second-order valence-corrected chi connectivity index (χ2v) is 7.37. The van der Waals surface area contributed by atoms with Gasteiger partial charge in [0.2, 0.25) is 5.91 Å². The van der Waals surface area contributed by atoms with Crippen molar-refractivity contribution in [2.75, 3.05) is 13.1 Å². The summed E-state index contributed by atoms with van der Waals surface area (Å²) < 4.78 is 0. The van der Waals surface area contributed by atoms with Gasteiger partial charge in [-0.1, -0.05) is 31.2 Å². The zero-order valence-electron chi connectivity index (χ0n) is 14.2. The fraction of sp³-hybridized carbons (Fsp3) is 0.632. The molecule has 0 aromatic heterocycles. The van der Waals surface area contributed by atoms with Crippen molar-refractivity contribution in [1.29, 1.82) is 0 Å². The minimum Gasteiger partial charge on any atom is -0.355 e. The Balaban J connectivity index is 0.00000192. The van der Waals surface area contributed by atoms with Gasteiger partial charge >= 0.3 is 0 Å². The molecule has 0 radical (unpaired) electrons. The molecule has 1 aliphatic carbocycles. The highest BCUT2D eigenvalue weighted by Gasteiger charge is 2.33. The fourth-order valence-electron chi connectivity index (χ4n) is 4.11. The van der Waals surface area contributed by atoms with Gasteiger partial charge in [0.05, 0.1) is 0 Å². The molecule has 1 fully saturated rings. The number of fused-ring (bicyclic) bond motifs is 1. The van der Waals surface area contributed by atoms with E-state index in [0.29, 0.717) is 6.04 Å². The summed E-state index contributed by atoms with van der Waals surface area (Å²) >= 11 is 0. The van der Waals surface area contributed by atoms with Crippen LogP contribution in [0.1, 0.15) is 50.7 Å². The first-order valence-electron chi connectivity index (χ1n) is 8.68. The van der Waals surface area contributed by atoms with Crippen LogP contribution in [-0.4, -0.2) is 25.0 Å². The molecular formula is C19H29ClN2O. The molecular weight excluding hydrogens is 308 g/mol. The van der Waals surface area contributed by atoms with Crippen molar-refractivity contribution in [3.05, 3.63) is 35.4 Å². The van der Waals surface area contributed by atoms with E-state index in [4.69, 9.17) is 0 Å². The van der Waals surface area contributed by atoms with Crippen LogP contribution in [-0.2, 0) is 16.6 Å². The van der Waals surface area contributed by atoms with Crippen LogP contribution in [0.5, 0.6) is 0 Å². The minimum absolute atomic E-state index is 0. The lowest BCUT2D eigenvalue weighted by Gasteiger charge is -2.37. The van der Waals surface area contributed by atoms with Crippen LogP contribution < -0.4 is 10.6 Å². The molecule has 2 N–H and O–H groups in total. The molecule has 23 heavy (non-hydrogen) atoms. The second-order valence-electron chi connectivity index (χ2n) is 7.37. The van der Waals surface area contributed by atoms with Gasteiger partial charge in [0.15, 0.2) is 0 Å². The summed E-state index contributed by atoms with van der Waals surface area (Å²) in [5.41, 5.74) is 2.98. The van der Waals surface area contributed by atoms with E-state index < -0.39 is 0 Å². The first-order chi connectivity index (χ1) is 10.6. The summed E-state index contributed by atoms with van der Waals surface area (Å²) in [7, 11) is 0. The minimum atomic E-state index is 0. The molecule has 1 aromatic carbocycles. The van der Waals surface area contributed by atoms with E-state index in [1.165, 1.54) is 24.0 Å². The zero-order valence-corrected chi connectivity index (χ0v) is 15.0. The molecule has 0 saturated carbocycles. The third kappa shape index (κ3) is 4.07. The van der Waals surface area contributed by atoms with Crippen LogP contribution in [0, 0.1) is 5.92 Å². The molecule has 1 aromatic rings. The van der Waals surface area contributed by atoms with Crippen LogP contribution in [0.4, 0.5) is 0 Å². The van der Waals surface area contributed by atoms with E-state index in [2.05, 4.69) is 48.7 Å². The molecule has 1 amide bonds.